The molecule has 0 saturated heterocycles. The maximum Gasteiger partial charge on any atom is 0.255 e. The van der Waals surface area contributed by atoms with Crippen molar-refractivity contribution in [1.29, 1.82) is 0 Å². The van der Waals surface area contributed by atoms with Crippen LogP contribution in [0, 0.1) is 0 Å². The number of aromatic nitrogens is 4. The average molecular weight is 450 g/mol. The van der Waals surface area contributed by atoms with Crippen molar-refractivity contribution < 1.29 is 4.79 Å². The van der Waals surface area contributed by atoms with Crippen LogP contribution in [0.3, 0.4) is 0 Å². The Morgan fingerprint density at radius 2 is 1.88 bits per heavy atom. The second-order valence-corrected chi connectivity index (χ2v) is 8.92. The fourth-order valence-electron chi connectivity index (χ4n) is 4.24. The summed E-state index contributed by atoms with van der Waals surface area (Å²) in [7, 11) is 0. The molecule has 7 heteroatoms. The lowest BCUT2D eigenvalue weighted by molar-refractivity contribution is 0.102. The van der Waals surface area contributed by atoms with Crippen molar-refractivity contribution in [2.24, 2.45) is 0 Å². The minimum absolute atomic E-state index is 0.114. The highest BCUT2D eigenvalue weighted by Crippen LogP contribution is 2.37. The van der Waals surface area contributed by atoms with Crippen LogP contribution in [0.25, 0.3) is 22.2 Å². The number of carbonyl (C=O) groups is 1. The fourth-order valence-corrected chi connectivity index (χ4v) is 5.15. The van der Waals surface area contributed by atoms with E-state index in [-0.39, 0.29) is 5.91 Å². The van der Waals surface area contributed by atoms with E-state index in [0.717, 1.165) is 33.7 Å². The Balaban J connectivity index is 1.16. The van der Waals surface area contributed by atoms with Gasteiger partial charge in [-0.15, -0.1) is 11.8 Å². The fraction of sp³-hybridized carbons (Fsp3) is 0.0769. The van der Waals surface area contributed by atoms with Gasteiger partial charge in [0.25, 0.3) is 5.91 Å². The lowest BCUT2D eigenvalue weighted by atomic mass is 10.1. The van der Waals surface area contributed by atoms with Gasteiger partial charge in [0.2, 0.25) is 0 Å². The molecule has 1 aliphatic carbocycles. The largest absolute Gasteiger partial charge is 0.322 e. The predicted molar refractivity (Wildman–Crippen MR) is 130 cm³/mol. The molecule has 6 nitrogen and oxygen atoms in total. The van der Waals surface area contributed by atoms with Crippen LogP contribution in [0.4, 0.5) is 5.69 Å². The van der Waals surface area contributed by atoms with E-state index in [4.69, 9.17) is 0 Å². The summed E-state index contributed by atoms with van der Waals surface area (Å²) in [5.41, 5.74) is 8.33. The summed E-state index contributed by atoms with van der Waals surface area (Å²) in [6.07, 6.45) is 4.16. The van der Waals surface area contributed by atoms with E-state index in [1.807, 2.05) is 30.3 Å². The van der Waals surface area contributed by atoms with Crippen molar-refractivity contribution in [1.82, 2.24) is 20.2 Å². The molecule has 5 aromatic rings. The Bertz CT molecular complexity index is 1510. The maximum atomic E-state index is 12.9. The molecule has 1 aliphatic rings. The van der Waals surface area contributed by atoms with Gasteiger partial charge in [0, 0.05) is 17.0 Å². The van der Waals surface area contributed by atoms with Gasteiger partial charge in [-0.3, -0.25) is 9.89 Å². The zero-order valence-electron chi connectivity index (χ0n) is 17.6. The second kappa shape index (κ2) is 8.18. The highest BCUT2D eigenvalue weighted by atomic mass is 32.2. The Labute approximate surface area is 194 Å². The van der Waals surface area contributed by atoms with Crippen LogP contribution >= 0.6 is 11.8 Å². The van der Waals surface area contributed by atoms with Crippen LogP contribution in [0.1, 0.15) is 27.0 Å². The number of nitrogens with one attached hydrogen (secondary N) is 2. The summed E-state index contributed by atoms with van der Waals surface area (Å²) in [6.45, 7) is 0. The zero-order valence-corrected chi connectivity index (χ0v) is 18.4. The summed E-state index contributed by atoms with van der Waals surface area (Å²) >= 11 is 1.60. The molecule has 1 amide bonds. The second-order valence-electron chi connectivity index (χ2n) is 7.96. The van der Waals surface area contributed by atoms with E-state index in [1.54, 1.807) is 18.0 Å². The van der Waals surface area contributed by atoms with Crippen LogP contribution in [-0.2, 0) is 12.2 Å². The van der Waals surface area contributed by atoms with E-state index in [0.29, 0.717) is 11.3 Å². The minimum atomic E-state index is -0.114. The molecule has 33 heavy (non-hydrogen) atoms. The molecule has 0 aliphatic heterocycles. The maximum absolute atomic E-state index is 12.9. The highest BCUT2D eigenvalue weighted by Gasteiger charge is 2.18. The third kappa shape index (κ3) is 3.76. The topological polar surface area (TPSA) is 83.6 Å². The lowest BCUT2D eigenvalue weighted by Crippen LogP contribution is -2.12. The quantitative estimate of drug-likeness (QED) is 0.269. The number of nitrogens with zero attached hydrogens (tertiary/aromatic N) is 3. The number of hydrogen-bond acceptors (Lipinski definition) is 5. The molecule has 2 aromatic heterocycles. The Morgan fingerprint density at radius 3 is 2.85 bits per heavy atom. The molecule has 6 rings (SSSR count). The number of benzene rings is 3. The smallest absolute Gasteiger partial charge is 0.255 e. The summed E-state index contributed by atoms with van der Waals surface area (Å²) in [5, 5.41) is 11.7. The molecule has 2 N–H and O–H groups in total. The molecule has 160 valence electrons. The van der Waals surface area contributed by atoms with E-state index >= 15 is 0 Å². The molecule has 0 unspecified atom stereocenters. The van der Waals surface area contributed by atoms with E-state index in [9.17, 15) is 4.79 Å². The minimum Gasteiger partial charge on any atom is -0.322 e. The van der Waals surface area contributed by atoms with Crippen LogP contribution < -0.4 is 5.32 Å². The third-order valence-electron chi connectivity index (χ3n) is 5.83. The molecule has 3 aromatic carbocycles. The Hall–Kier alpha value is -3.97. The van der Waals surface area contributed by atoms with Crippen molar-refractivity contribution >= 4 is 34.4 Å². The van der Waals surface area contributed by atoms with Gasteiger partial charge in [0.05, 0.1) is 11.6 Å². The van der Waals surface area contributed by atoms with Gasteiger partial charge < -0.3 is 5.32 Å². The van der Waals surface area contributed by atoms with Crippen molar-refractivity contribution in [3.63, 3.8) is 0 Å². The van der Waals surface area contributed by atoms with E-state index in [2.05, 4.69) is 61.9 Å². The molecule has 0 radical (unpaired) electrons. The molecule has 0 saturated carbocycles. The Morgan fingerprint density at radius 1 is 0.970 bits per heavy atom. The SMILES string of the molecule is O=C(Nc1ccc2c(c1)Cc1ccccc1-2)c1cccc(CSc2ncnc3[nH]ncc23)c1. The lowest BCUT2D eigenvalue weighted by Gasteiger charge is -2.09. The summed E-state index contributed by atoms with van der Waals surface area (Å²) in [5.74, 6) is 0.576. The molecule has 2 heterocycles. The number of thioether (sulfide) groups is 1. The zero-order chi connectivity index (χ0) is 22.2. The number of H-pyrrole nitrogens is 1. The van der Waals surface area contributed by atoms with Gasteiger partial charge in [-0.2, -0.15) is 5.10 Å². The first-order chi connectivity index (χ1) is 16.2. The number of amides is 1. The first-order valence-corrected chi connectivity index (χ1v) is 11.6. The molecule has 0 fully saturated rings. The number of hydrogen-bond donors (Lipinski definition) is 2. The van der Waals surface area contributed by atoms with Crippen molar-refractivity contribution in [3.8, 4) is 11.1 Å². The van der Waals surface area contributed by atoms with Gasteiger partial charge in [0.1, 0.15) is 11.4 Å². The summed E-state index contributed by atoms with van der Waals surface area (Å²) < 4.78 is 0. The van der Waals surface area contributed by atoms with Gasteiger partial charge in [-0.05, 0) is 58.5 Å². The average Bonchev–Trinajstić information content (AvgIpc) is 3.47. The number of carbonyl (C=O) groups excluding carboxylic acids is 1. The van der Waals surface area contributed by atoms with Gasteiger partial charge in [-0.25, -0.2) is 9.97 Å². The van der Waals surface area contributed by atoms with E-state index < -0.39 is 0 Å². The van der Waals surface area contributed by atoms with E-state index in [1.165, 1.54) is 28.6 Å². The summed E-state index contributed by atoms with van der Waals surface area (Å²) in [4.78, 5) is 21.5. The predicted octanol–water partition coefficient (Wildman–Crippen LogP) is 5.47. The van der Waals surface area contributed by atoms with Crippen LogP contribution in [0.2, 0.25) is 0 Å². The number of fused-ring (bicyclic) bond motifs is 4. The van der Waals surface area contributed by atoms with Crippen LogP contribution in [0.15, 0.2) is 84.3 Å². The van der Waals surface area contributed by atoms with Gasteiger partial charge in [-0.1, -0.05) is 42.5 Å². The first kappa shape index (κ1) is 19.7. The molecular formula is C26H19N5OS. The third-order valence-corrected chi connectivity index (χ3v) is 6.90. The van der Waals surface area contributed by atoms with Gasteiger partial charge in [0.15, 0.2) is 5.65 Å². The molecule has 0 bridgehead atoms. The van der Waals surface area contributed by atoms with Crippen molar-refractivity contribution in [3.05, 3.63) is 102 Å². The van der Waals surface area contributed by atoms with Crippen LogP contribution in [0.5, 0.6) is 0 Å². The standard InChI is InChI=1S/C26H19N5OS/c32-25(30-20-8-9-22-19(12-20)11-17-5-1-2-7-21(17)22)18-6-3-4-16(10-18)14-33-26-23-13-29-31-24(23)27-15-28-26/h1-10,12-13,15H,11,14H2,(H,30,32)(H,27,28,29,31). The highest BCUT2D eigenvalue weighted by molar-refractivity contribution is 7.98. The number of anilines is 1. The number of aromatic amines is 1. The van der Waals surface area contributed by atoms with Crippen molar-refractivity contribution in [2.45, 2.75) is 17.2 Å². The molecule has 0 spiro atoms. The summed E-state index contributed by atoms with van der Waals surface area (Å²) in [6, 6.07) is 22.3. The van der Waals surface area contributed by atoms with Gasteiger partial charge >= 0.3 is 0 Å². The number of rotatable bonds is 5. The molecule has 0 atom stereocenters. The first-order valence-electron chi connectivity index (χ1n) is 10.6. The normalized spacial score (nSPS) is 11.9. The monoisotopic (exact) mass is 449 g/mol. The van der Waals surface area contributed by atoms with Crippen molar-refractivity contribution in [2.75, 3.05) is 5.32 Å². The molecular weight excluding hydrogens is 430 g/mol. The van der Waals surface area contributed by atoms with Crippen LogP contribution in [-0.4, -0.2) is 26.1 Å². The Kier molecular flexibility index (Phi) is 4.88.